The molecule has 6 heteroatoms. The normalized spacial score (nSPS) is 23.0. The molecule has 7 aromatic carbocycles. The SMILES string of the molecule is CC1=C(C)C([Si](C)(C)NC(C)(C)C)c2cc3c(cc21)C(C)(C)c1ccccc1-3.CC1=C(C)c2cc3c(cc2C1)-c1ccccc1C3(C)C.CC1C(C)C([Si](C)(C)[N-]C(C)(C)C)C2C=C3C(=CC12)C(C)(C)c1ccccc13.CC1Cc2cc3c(cc2C1=O)C(C)(C)c1ccccc1-3.[CH3-].[CH3-].[CH3-].[Ti+4]. The summed E-state index contributed by atoms with van der Waals surface area (Å²) in [5.41, 5.74) is 39.1. The number of benzene rings is 7. The zero-order valence-corrected chi connectivity index (χ0v) is 70.2. The Kier molecular flexibility index (Phi) is 21.0. The van der Waals surface area contributed by atoms with E-state index in [0.717, 1.165) is 30.2 Å². The number of Topliss-reactive ketones (excluding diaryl/α,β-unsaturated/α-hetero) is 1. The van der Waals surface area contributed by atoms with Gasteiger partial charge >= 0.3 is 21.7 Å². The number of rotatable bonds is 4. The van der Waals surface area contributed by atoms with Crippen molar-refractivity contribution in [3.8, 4) is 33.4 Å². The smallest absolute Gasteiger partial charge is 0.660 e. The van der Waals surface area contributed by atoms with Crippen LogP contribution in [0.5, 0.6) is 0 Å². The third kappa shape index (κ3) is 12.7. The Morgan fingerprint density at radius 3 is 1.38 bits per heavy atom. The number of hydrogen-bond donors (Lipinski definition) is 1. The zero-order valence-electron chi connectivity index (χ0n) is 66.7. The fourth-order valence-corrected chi connectivity index (χ4v) is 29.8. The molecule has 1 fully saturated rings. The Morgan fingerprint density at radius 1 is 0.470 bits per heavy atom. The van der Waals surface area contributed by atoms with Crippen LogP contribution in [-0.4, -0.2) is 33.3 Å². The first-order valence-electron chi connectivity index (χ1n) is 36.5. The molecule has 9 aliphatic carbocycles. The van der Waals surface area contributed by atoms with Crippen LogP contribution in [0.1, 0.15) is 234 Å². The van der Waals surface area contributed by atoms with E-state index in [1.54, 1.807) is 16.7 Å². The molecule has 524 valence electrons. The Labute approximate surface area is 624 Å². The molecule has 1 saturated carbocycles. The summed E-state index contributed by atoms with van der Waals surface area (Å²) in [6.45, 7) is 58.8. The van der Waals surface area contributed by atoms with Crippen molar-refractivity contribution in [1.82, 2.24) is 4.98 Å². The maximum Gasteiger partial charge on any atom is 4.00 e. The third-order valence-electron chi connectivity index (χ3n) is 25.1. The molecular weight excluding hydrogens is 1280 g/mol. The predicted molar refractivity (Wildman–Crippen MR) is 437 cm³/mol. The number of nitrogens with one attached hydrogen (secondary N) is 1. The fraction of sp³-hybridized carbons (Fsp3) is 0.426. The monoisotopic (exact) mass is 1400 g/mol. The average molecular weight is 1400 g/mol. The van der Waals surface area contributed by atoms with Gasteiger partial charge in [-0.3, -0.25) is 4.79 Å². The predicted octanol–water partition coefficient (Wildman–Crippen LogP) is 25.6. The molecule has 7 atom stereocenters. The number of ketones is 1. The molecule has 0 spiro atoms. The van der Waals surface area contributed by atoms with Crippen molar-refractivity contribution in [1.29, 1.82) is 0 Å². The van der Waals surface area contributed by atoms with Crippen molar-refractivity contribution in [3.63, 3.8) is 0 Å². The van der Waals surface area contributed by atoms with Crippen LogP contribution in [-0.2, 0) is 56.2 Å². The summed E-state index contributed by atoms with van der Waals surface area (Å²) >= 11 is 0. The maximum absolute atomic E-state index is 12.3. The third-order valence-corrected chi connectivity index (χ3v) is 32.5. The minimum absolute atomic E-state index is 0. The van der Waals surface area contributed by atoms with E-state index in [4.69, 9.17) is 4.98 Å². The van der Waals surface area contributed by atoms with Gasteiger partial charge in [0.15, 0.2) is 5.78 Å². The van der Waals surface area contributed by atoms with E-state index < -0.39 is 16.5 Å². The van der Waals surface area contributed by atoms with E-state index in [0.29, 0.717) is 28.7 Å². The van der Waals surface area contributed by atoms with Gasteiger partial charge in [-0.25, -0.2) is 0 Å². The second-order valence-electron chi connectivity index (χ2n) is 36.2. The Morgan fingerprint density at radius 2 is 0.900 bits per heavy atom. The Balaban J connectivity index is 0.000000155. The van der Waals surface area contributed by atoms with E-state index in [-0.39, 0.29) is 82.7 Å². The number of fused-ring (bicyclic) bond motifs is 16. The van der Waals surface area contributed by atoms with Crippen molar-refractivity contribution in [2.24, 2.45) is 29.6 Å². The van der Waals surface area contributed by atoms with Crippen LogP contribution in [0.25, 0.3) is 55.1 Å². The maximum atomic E-state index is 12.3. The first kappa shape index (κ1) is 78.4. The molecule has 0 bridgehead atoms. The first-order valence-corrected chi connectivity index (χ1v) is 42.6. The largest absolute Gasteiger partial charge is 4.00 e. The van der Waals surface area contributed by atoms with E-state index >= 15 is 0 Å². The van der Waals surface area contributed by atoms with Gasteiger partial charge in [-0.1, -0.05) is 263 Å². The standard InChI is InChI=1S/C26H38NSi.C26H35NSi.C20H20.C19H18O.3CH3.Ti/c2*1-16-17(2)24(28(8,9)27-25(3,4)5)21-14-20-18-12-10-11-13-22(18)26(6,7)23(20)15-19(16)21;1-12-9-14-10-17-15-7-5-6-8-18(15)20(3,4)19(17)11-16(14)13(12)2;1-11-8-12-9-15-13-6-4-5-7-16(13)19(2,3)17(15)10-14(12)18(11)20;;;;/h10-17,19,21,24H,1-9H3;10-15,24,27H,1-9H3;5-8,10-11H,9H2,1-4H3;4-7,9-11H,8H2,1-3H3;3*1H3;/q-1;;;;3*-1;+4. The number of allylic oxidation sites excluding steroid dienone is 8. The molecule has 0 aromatic heterocycles. The van der Waals surface area contributed by atoms with Gasteiger partial charge in [0.25, 0.3) is 0 Å². The topological polar surface area (TPSA) is 43.2 Å². The van der Waals surface area contributed by atoms with Crippen LogP contribution in [0.15, 0.2) is 162 Å². The van der Waals surface area contributed by atoms with Crippen molar-refractivity contribution < 1.29 is 26.5 Å². The molecular formula is C94H120N2OSi2Ti. The van der Waals surface area contributed by atoms with Gasteiger partial charge in [0.2, 0.25) is 0 Å². The van der Waals surface area contributed by atoms with Crippen molar-refractivity contribution in [2.75, 3.05) is 0 Å². The van der Waals surface area contributed by atoms with E-state index in [2.05, 4.69) is 315 Å². The summed E-state index contributed by atoms with van der Waals surface area (Å²) in [6.07, 6.45) is 7.38. The molecule has 0 aliphatic heterocycles. The Bertz CT molecular complexity index is 4540. The van der Waals surface area contributed by atoms with E-state index in [1.807, 2.05) is 6.92 Å². The van der Waals surface area contributed by atoms with E-state index in [1.165, 1.54) is 122 Å². The van der Waals surface area contributed by atoms with Crippen LogP contribution in [0.4, 0.5) is 0 Å². The van der Waals surface area contributed by atoms with E-state index in [9.17, 15) is 4.79 Å². The van der Waals surface area contributed by atoms with Crippen LogP contribution in [0.2, 0.25) is 31.7 Å². The molecule has 1 N–H and O–H groups in total. The number of carbonyl (C=O) groups is 1. The van der Waals surface area contributed by atoms with Gasteiger partial charge in [0.05, 0.1) is 0 Å². The average Bonchev–Trinajstić information content (AvgIpc) is 1.57. The summed E-state index contributed by atoms with van der Waals surface area (Å²) in [7, 11) is -3.47. The molecule has 0 saturated heterocycles. The number of hydrogen-bond acceptors (Lipinski definition) is 2. The van der Waals surface area contributed by atoms with Gasteiger partial charge in [0, 0.05) is 44.2 Å². The minimum Gasteiger partial charge on any atom is -0.660 e. The molecule has 0 radical (unpaired) electrons. The van der Waals surface area contributed by atoms with Crippen molar-refractivity contribution in [3.05, 3.63) is 267 Å². The number of carbonyl (C=O) groups excluding carboxylic acids is 1. The molecule has 100 heavy (non-hydrogen) atoms. The molecule has 7 unspecified atom stereocenters. The summed E-state index contributed by atoms with van der Waals surface area (Å²) in [5.74, 6) is 3.21. The fourth-order valence-electron chi connectivity index (χ4n) is 20.7. The van der Waals surface area contributed by atoms with Gasteiger partial charge in [-0.05, 0) is 243 Å². The summed E-state index contributed by atoms with van der Waals surface area (Å²) in [4.78, 5) is 21.8. The van der Waals surface area contributed by atoms with Crippen molar-refractivity contribution >= 4 is 39.0 Å². The second-order valence-corrected chi connectivity index (χ2v) is 44.6. The summed E-state index contributed by atoms with van der Waals surface area (Å²) in [5, 5.41) is 0. The summed E-state index contributed by atoms with van der Waals surface area (Å²) in [6, 6.07) is 50.0. The van der Waals surface area contributed by atoms with Gasteiger partial charge in [0.1, 0.15) is 8.24 Å². The minimum atomic E-state index is -1.74. The van der Waals surface area contributed by atoms with Gasteiger partial charge in [-0.2, -0.15) is 0 Å². The Hall–Kier alpha value is -5.76. The molecule has 7 aromatic rings. The van der Waals surface area contributed by atoms with Crippen LogP contribution >= 0.6 is 0 Å². The van der Waals surface area contributed by atoms with Crippen LogP contribution < -0.4 is 4.98 Å². The second kappa shape index (κ2) is 26.7. The van der Waals surface area contributed by atoms with Gasteiger partial charge in [-0.15, -0.1) is 5.54 Å². The number of nitrogens with zero attached hydrogens (tertiary/aromatic N) is 1. The molecule has 9 aliphatic rings. The van der Waals surface area contributed by atoms with Crippen LogP contribution in [0.3, 0.4) is 0 Å². The molecule has 0 amide bonds. The quantitative estimate of drug-likeness (QED) is 0.141. The molecule has 0 heterocycles. The zero-order chi connectivity index (χ0) is 69.4. The van der Waals surface area contributed by atoms with Gasteiger partial charge < -0.3 is 32.2 Å². The first-order chi connectivity index (χ1) is 44.7. The molecule has 16 rings (SSSR count). The molecule has 3 nitrogen and oxygen atoms in total. The van der Waals surface area contributed by atoms with Crippen LogP contribution in [0, 0.1) is 51.9 Å². The summed E-state index contributed by atoms with van der Waals surface area (Å²) < 4.78 is 0. The van der Waals surface area contributed by atoms with Crippen molar-refractivity contribution in [2.45, 2.75) is 228 Å².